The van der Waals surface area contributed by atoms with E-state index < -0.39 is 66.0 Å². The molecule has 1 aliphatic heterocycles. The number of hydrogen-bond acceptors (Lipinski definition) is 11. The van der Waals surface area contributed by atoms with Gasteiger partial charge in [-0.2, -0.15) is 0 Å². The molecule has 0 unspecified atom stereocenters. The minimum atomic E-state index is -1.28. The number of H-pyrrole nitrogens is 1. The van der Waals surface area contributed by atoms with Gasteiger partial charge in [0.15, 0.2) is 12.4 Å². The maximum atomic E-state index is 13.4. The van der Waals surface area contributed by atoms with Crippen LogP contribution in [0, 0.1) is 12.8 Å². The summed E-state index contributed by atoms with van der Waals surface area (Å²) in [6.07, 6.45) is 3.19. The van der Waals surface area contributed by atoms with Gasteiger partial charge in [-0.15, -0.1) is 0 Å². The van der Waals surface area contributed by atoms with E-state index in [9.17, 15) is 38.4 Å². The highest BCUT2D eigenvalue weighted by atomic mass is 16.5. The Bertz CT molecular complexity index is 1370. The van der Waals surface area contributed by atoms with Crippen molar-refractivity contribution in [1.82, 2.24) is 30.6 Å². The number of rotatable bonds is 17. The highest BCUT2D eigenvalue weighted by molar-refractivity contribution is 5.94. The first kappa shape index (κ1) is 36.6. The molecule has 16 nitrogen and oxygen atoms in total. The largest absolute Gasteiger partial charge is 0.461 e. The Morgan fingerprint density at radius 1 is 1.11 bits per heavy atom. The third kappa shape index (κ3) is 12.5. The number of aryl methyl sites for hydroxylation is 1. The molecule has 45 heavy (non-hydrogen) atoms. The summed E-state index contributed by atoms with van der Waals surface area (Å²) >= 11 is 0. The molecule has 16 heteroatoms. The smallest absolute Gasteiger partial charge is 0.328 e. The average Bonchev–Trinajstić information content (AvgIpc) is 2.99. The van der Waals surface area contributed by atoms with Gasteiger partial charge < -0.3 is 20.1 Å². The van der Waals surface area contributed by atoms with Crippen LogP contribution in [0.5, 0.6) is 0 Å². The van der Waals surface area contributed by atoms with E-state index >= 15 is 0 Å². The highest BCUT2D eigenvalue weighted by Gasteiger charge is 2.34. The molecular formula is C29H42N6O10. The van der Waals surface area contributed by atoms with Crippen molar-refractivity contribution in [2.45, 2.75) is 77.9 Å². The summed E-state index contributed by atoms with van der Waals surface area (Å²) in [5, 5.41) is 6.42. The maximum absolute atomic E-state index is 13.4. The third-order valence-corrected chi connectivity index (χ3v) is 6.64. The number of carbonyl (C=O) groups excluding carboxylic acids is 6. The summed E-state index contributed by atoms with van der Waals surface area (Å²) in [7, 11) is 0. The SMILES string of the molecule is C=CCOC(=O)CC[C@@H](NC(=O)[C@@H]1CCCNN1C(=O)CCNC(=O)CC(C)C)C(=O)COC(=O)Cn1cc(C)c(=O)[nH]c1=O. The van der Waals surface area contributed by atoms with Crippen molar-refractivity contribution >= 4 is 35.4 Å². The zero-order valence-electron chi connectivity index (χ0n) is 25.8. The van der Waals surface area contributed by atoms with E-state index in [-0.39, 0.29) is 56.2 Å². The lowest BCUT2D eigenvalue weighted by Gasteiger charge is -2.36. The number of hydrogen-bond donors (Lipinski definition) is 4. The number of aromatic amines is 1. The average molecular weight is 635 g/mol. The summed E-state index contributed by atoms with van der Waals surface area (Å²) in [6, 6.07) is -2.27. The molecule has 0 spiro atoms. The Morgan fingerprint density at radius 3 is 2.53 bits per heavy atom. The Morgan fingerprint density at radius 2 is 1.84 bits per heavy atom. The second-order valence-electron chi connectivity index (χ2n) is 10.9. The van der Waals surface area contributed by atoms with Gasteiger partial charge >= 0.3 is 17.6 Å². The summed E-state index contributed by atoms with van der Waals surface area (Å²) in [5.41, 5.74) is 1.64. The number of amides is 3. The van der Waals surface area contributed by atoms with Crippen LogP contribution in [0.15, 0.2) is 28.4 Å². The Labute approximate surface area is 259 Å². The zero-order chi connectivity index (χ0) is 33.5. The lowest BCUT2D eigenvalue weighted by Crippen LogP contribution is -2.60. The topological polar surface area (TPSA) is 215 Å². The molecule has 1 aliphatic rings. The molecule has 0 aliphatic carbocycles. The van der Waals surface area contributed by atoms with Crippen molar-refractivity contribution in [3.8, 4) is 0 Å². The van der Waals surface area contributed by atoms with Crippen LogP contribution in [-0.4, -0.2) is 88.4 Å². The van der Waals surface area contributed by atoms with E-state index in [1.54, 1.807) is 0 Å². The van der Waals surface area contributed by atoms with E-state index in [4.69, 9.17) is 9.47 Å². The summed E-state index contributed by atoms with van der Waals surface area (Å²) in [5.74, 6) is -3.48. The van der Waals surface area contributed by atoms with Gasteiger partial charge in [-0.1, -0.05) is 26.5 Å². The summed E-state index contributed by atoms with van der Waals surface area (Å²) in [6.45, 7) is 7.79. The van der Waals surface area contributed by atoms with Gasteiger partial charge in [0.25, 0.3) is 5.56 Å². The number of ether oxygens (including phenoxy) is 2. The van der Waals surface area contributed by atoms with Gasteiger partial charge in [0.2, 0.25) is 17.7 Å². The molecule has 1 aromatic rings. The second kappa shape index (κ2) is 18.3. The molecule has 1 saturated heterocycles. The van der Waals surface area contributed by atoms with Crippen LogP contribution in [0.2, 0.25) is 0 Å². The molecule has 0 saturated carbocycles. The molecule has 2 rings (SSSR count). The van der Waals surface area contributed by atoms with Crippen molar-refractivity contribution in [1.29, 1.82) is 0 Å². The molecule has 2 atom stereocenters. The number of ketones is 1. The quantitative estimate of drug-likeness (QED) is 0.120. The normalized spacial score (nSPS) is 15.1. The van der Waals surface area contributed by atoms with Gasteiger partial charge in [-0.25, -0.2) is 10.2 Å². The van der Waals surface area contributed by atoms with E-state index in [2.05, 4.69) is 27.6 Å². The van der Waals surface area contributed by atoms with Crippen LogP contribution in [0.4, 0.5) is 0 Å². The standard InChI is InChI=1S/C29H42N6O10/c1-5-13-44-25(39)9-8-20(22(36)17-45-26(40)16-34-15-19(4)27(41)33-29(34)43)32-28(42)21-7-6-11-31-35(21)24(38)10-12-30-23(37)14-18(2)3/h5,15,18,20-21,31H,1,6-14,16-17H2,2-4H3,(H,30,37)(H,32,42)(H,33,41,43)/t20-,21+/m1/s1. The van der Waals surface area contributed by atoms with Crippen LogP contribution in [0.1, 0.15) is 57.9 Å². The fourth-order valence-corrected chi connectivity index (χ4v) is 4.36. The summed E-state index contributed by atoms with van der Waals surface area (Å²) in [4.78, 5) is 101. The molecule has 248 valence electrons. The maximum Gasteiger partial charge on any atom is 0.328 e. The number of esters is 2. The third-order valence-electron chi connectivity index (χ3n) is 6.64. The van der Waals surface area contributed by atoms with Crippen molar-refractivity contribution in [2.24, 2.45) is 5.92 Å². The van der Waals surface area contributed by atoms with Crippen LogP contribution in [0.3, 0.4) is 0 Å². The Balaban J connectivity index is 2.07. The van der Waals surface area contributed by atoms with E-state index in [1.807, 2.05) is 13.8 Å². The number of nitrogens with one attached hydrogen (secondary N) is 4. The molecule has 1 aromatic heterocycles. The molecule has 2 heterocycles. The van der Waals surface area contributed by atoms with Crippen LogP contribution >= 0.6 is 0 Å². The van der Waals surface area contributed by atoms with E-state index in [0.29, 0.717) is 19.4 Å². The van der Waals surface area contributed by atoms with Gasteiger partial charge in [-0.05, 0) is 32.1 Å². The van der Waals surface area contributed by atoms with Crippen LogP contribution < -0.4 is 27.3 Å². The first-order valence-electron chi connectivity index (χ1n) is 14.7. The molecule has 3 amide bonds. The second-order valence-corrected chi connectivity index (χ2v) is 10.9. The monoisotopic (exact) mass is 634 g/mol. The molecule has 1 fully saturated rings. The van der Waals surface area contributed by atoms with Crippen molar-refractivity contribution in [3.05, 3.63) is 45.3 Å². The van der Waals surface area contributed by atoms with Gasteiger partial charge in [0.05, 0.1) is 6.04 Å². The lowest BCUT2D eigenvalue weighted by atomic mass is 10.0. The number of carbonyl (C=O) groups is 6. The van der Waals surface area contributed by atoms with Crippen molar-refractivity contribution in [3.63, 3.8) is 0 Å². The molecule has 4 N–H and O–H groups in total. The zero-order valence-corrected chi connectivity index (χ0v) is 25.8. The first-order chi connectivity index (χ1) is 21.3. The van der Waals surface area contributed by atoms with Gasteiger partial charge in [0, 0.05) is 44.1 Å². The number of hydrazine groups is 1. The fraction of sp³-hybridized carbons (Fsp3) is 0.586. The molecular weight excluding hydrogens is 592 g/mol. The molecule has 0 aromatic carbocycles. The van der Waals surface area contributed by atoms with Crippen LogP contribution in [-0.2, 0) is 44.8 Å². The number of nitrogens with zero attached hydrogens (tertiary/aromatic N) is 2. The Kier molecular flexibility index (Phi) is 14.9. The lowest BCUT2D eigenvalue weighted by molar-refractivity contribution is -0.151. The Hall–Kier alpha value is -4.60. The minimum Gasteiger partial charge on any atom is -0.461 e. The molecule has 0 bridgehead atoms. The fourth-order valence-electron chi connectivity index (χ4n) is 4.36. The van der Waals surface area contributed by atoms with Crippen molar-refractivity contribution in [2.75, 3.05) is 26.3 Å². The first-order valence-corrected chi connectivity index (χ1v) is 14.7. The number of aromatic nitrogens is 2. The minimum absolute atomic E-state index is 0.0479. The molecule has 0 radical (unpaired) electrons. The highest BCUT2D eigenvalue weighted by Crippen LogP contribution is 2.14. The van der Waals surface area contributed by atoms with Gasteiger partial charge in [0.1, 0.15) is 19.2 Å². The van der Waals surface area contributed by atoms with Crippen molar-refractivity contribution < 1.29 is 38.2 Å². The van der Waals surface area contributed by atoms with E-state index in [1.165, 1.54) is 24.2 Å². The predicted octanol–water partition coefficient (Wildman–Crippen LogP) is -1.00. The van der Waals surface area contributed by atoms with Gasteiger partial charge in [-0.3, -0.25) is 48.1 Å². The summed E-state index contributed by atoms with van der Waals surface area (Å²) < 4.78 is 10.9. The number of Topliss-reactive ketones (excluding diaryl/α,β-unsaturated/α-hetero) is 1. The van der Waals surface area contributed by atoms with E-state index in [0.717, 1.165) is 4.57 Å². The van der Waals surface area contributed by atoms with Crippen LogP contribution in [0.25, 0.3) is 0 Å². The predicted molar refractivity (Wildman–Crippen MR) is 159 cm³/mol.